The SMILES string of the molecule is COc1ccc(NC(=O)Nc2ccc(S(N)(=O)=O)cc2)cc1OC. The van der Waals surface area contributed by atoms with Crippen molar-refractivity contribution in [2.75, 3.05) is 24.9 Å². The van der Waals surface area contributed by atoms with Crippen molar-refractivity contribution in [1.29, 1.82) is 0 Å². The molecule has 0 radical (unpaired) electrons. The van der Waals surface area contributed by atoms with E-state index < -0.39 is 16.1 Å². The zero-order valence-corrected chi connectivity index (χ0v) is 13.9. The first kappa shape index (κ1) is 17.6. The van der Waals surface area contributed by atoms with Gasteiger partial charge in [-0.25, -0.2) is 18.4 Å². The number of carbonyl (C=O) groups is 1. The summed E-state index contributed by atoms with van der Waals surface area (Å²) in [6, 6.07) is 9.93. The second-order valence-corrected chi connectivity index (χ2v) is 6.28. The molecule has 0 heterocycles. The van der Waals surface area contributed by atoms with Crippen LogP contribution in [0, 0.1) is 0 Å². The van der Waals surface area contributed by atoms with Crippen LogP contribution in [0.25, 0.3) is 0 Å². The Morgan fingerprint density at radius 1 is 0.917 bits per heavy atom. The number of nitrogens with one attached hydrogen (secondary N) is 2. The van der Waals surface area contributed by atoms with Crippen LogP contribution in [-0.2, 0) is 10.0 Å². The van der Waals surface area contributed by atoms with Gasteiger partial charge >= 0.3 is 6.03 Å². The van der Waals surface area contributed by atoms with Crippen LogP contribution >= 0.6 is 0 Å². The monoisotopic (exact) mass is 351 g/mol. The Labute approximate surface area is 139 Å². The maximum absolute atomic E-state index is 12.0. The smallest absolute Gasteiger partial charge is 0.323 e. The third-order valence-corrected chi connectivity index (χ3v) is 4.01. The molecule has 0 aliphatic heterocycles. The van der Waals surface area contributed by atoms with Gasteiger partial charge in [0.1, 0.15) is 0 Å². The number of primary sulfonamides is 1. The third-order valence-electron chi connectivity index (χ3n) is 3.08. The van der Waals surface area contributed by atoms with Crippen LogP contribution in [0.4, 0.5) is 16.2 Å². The lowest BCUT2D eigenvalue weighted by atomic mass is 10.2. The minimum Gasteiger partial charge on any atom is -0.493 e. The summed E-state index contributed by atoms with van der Waals surface area (Å²) >= 11 is 0. The van der Waals surface area contributed by atoms with E-state index in [0.29, 0.717) is 22.9 Å². The molecule has 0 saturated heterocycles. The molecule has 0 spiro atoms. The lowest BCUT2D eigenvalue weighted by molar-refractivity contribution is 0.262. The number of rotatable bonds is 5. The highest BCUT2D eigenvalue weighted by Crippen LogP contribution is 2.29. The molecule has 0 atom stereocenters. The van der Waals surface area contributed by atoms with Crippen molar-refractivity contribution >= 4 is 27.4 Å². The molecule has 4 N–H and O–H groups in total. The number of ether oxygens (including phenoxy) is 2. The number of amides is 2. The fourth-order valence-corrected chi connectivity index (χ4v) is 2.45. The molecule has 0 aromatic heterocycles. The van der Waals surface area contributed by atoms with Crippen molar-refractivity contribution in [3.8, 4) is 11.5 Å². The maximum Gasteiger partial charge on any atom is 0.323 e. The number of carbonyl (C=O) groups excluding carboxylic acids is 1. The Kier molecular flexibility index (Phi) is 5.27. The summed E-state index contributed by atoms with van der Waals surface area (Å²) in [4.78, 5) is 11.9. The number of urea groups is 1. The van der Waals surface area contributed by atoms with Gasteiger partial charge in [0.05, 0.1) is 19.1 Å². The van der Waals surface area contributed by atoms with Crippen LogP contribution < -0.4 is 25.2 Å². The molecule has 0 aliphatic carbocycles. The Morgan fingerprint density at radius 3 is 2.00 bits per heavy atom. The number of hydrogen-bond donors (Lipinski definition) is 3. The van der Waals surface area contributed by atoms with E-state index in [-0.39, 0.29) is 4.90 Å². The van der Waals surface area contributed by atoms with E-state index in [4.69, 9.17) is 14.6 Å². The van der Waals surface area contributed by atoms with Crippen LogP contribution in [0.15, 0.2) is 47.4 Å². The predicted octanol–water partition coefficient (Wildman–Crippen LogP) is 2.00. The Bertz CT molecular complexity index is 835. The van der Waals surface area contributed by atoms with Gasteiger partial charge in [0, 0.05) is 17.4 Å². The molecule has 2 aromatic rings. The van der Waals surface area contributed by atoms with E-state index >= 15 is 0 Å². The highest BCUT2D eigenvalue weighted by atomic mass is 32.2. The van der Waals surface area contributed by atoms with E-state index in [0.717, 1.165) is 0 Å². The summed E-state index contributed by atoms with van der Waals surface area (Å²) in [6.45, 7) is 0. The number of methoxy groups -OCH3 is 2. The zero-order chi connectivity index (χ0) is 17.7. The minimum absolute atomic E-state index is 0.0339. The van der Waals surface area contributed by atoms with Gasteiger partial charge in [-0.1, -0.05) is 0 Å². The lowest BCUT2D eigenvalue weighted by Crippen LogP contribution is -2.19. The molecular formula is C15H17N3O5S. The average molecular weight is 351 g/mol. The van der Waals surface area contributed by atoms with E-state index in [1.54, 1.807) is 18.2 Å². The van der Waals surface area contributed by atoms with Gasteiger partial charge in [-0.2, -0.15) is 0 Å². The van der Waals surface area contributed by atoms with E-state index in [1.165, 1.54) is 38.5 Å². The summed E-state index contributed by atoms with van der Waals surface area (Å²) in [5.41, 5.74) is 0.923. The van der Waals surface area contributed by atoms with Crippen molar-refractivity contribution in [3.63, 3.8) is 0 Å². The van der Waals surface area contributed by atoms with Gasteiger partial charge in [0.25, 0.3) is 0 Å². The quantitative estimate of drug-likeness (QED) is 0.761. The van der Waals surface area contributed by atoms with Gasteiger partial charge in [0.15, 0.2) is 11.5 Å². The molecule has 0 aliphatic rings. The van der Waals surface area contributed by atoms with Gasteiger partial charge in [-0.05, 0) is 36.4 Å². The van der Waals surface area contributed by atoms with Crippen molar-refractivity contribution in [2.24, 2.45) is 5.14 Å². The summed E-state index contributed by atoms with van der Waals surface area (Å²) in [5.74, 6) is 1.02. The fourth-order valence-electron chi connectivity index (χ4n) is 1.94. The van der Waals surface area contributed by atoms with E-state index in [1.807, 2.05) is 0 Å². The Balaban J connectivity index is 2.05. The first-order chi connectivity index (χ1) is 11.3. The highest BCUT2D eigenvalue weighted by molar-refractivity contribution is 7.89. The maximum atomic E-state index is 12.0. The number of nitrogens with two attached hydrogens (primary N) is 1. The number of sulfonamides is 1. The number of anilines is 2. The van der Waals surface area contributed by atoms with Gasteiger partial charge in [0.2, 0.25) is 10.0 Å². The lowest BCUT2D eigenvalue weighted by Gasteiger charge is -2.11. The molecule has 0 bridgehead atoms. The molecular weight excluding hydrogens is 334 g/mol. The molecule has 24 heavy (non-hydrogen) atoms. The van der Waals surface area contributed by atoms with Crippen molar-refractivity contribution in [3.05, 3.63) is 42.5 Å². The van der Waals surface area contributed by atoms with E-state index in [2.05, 4.69) is 10.6 Å². The zero-order valence-electron chi connectivity index (χ0n) is 13.1. The second kappa shape index (κ2) is 7.20. The van der Waals surface area contributed by atoms with Crippen LogP contribution in [0.5, 0.6) is 11.5 Å². The first-order valence-corrected chi connectivity index (χ1v) is 8.31. The number of benzene rings is 2. The molecule has 128 valence electrons. The van der Waals surface area contributed by atoms with E-state index in [9.17, 15) is 13.2 Å². The molecule has 9 heteroatoms. The topological polar surface area (TPSA) is 120 Å². The van der Waals surface area contributed by atoms with Crippen LogP contribution in [-0.4, -0.2) is 28.7 Å². The third kappa shape index (κ3) is 4.37. The first-order valence-electron chi connectivity index (χ1n) is 6.76. The summed E-state index contributed by atoms with van der Waals surface area (Å²) in [5, 5.41) is 10.2. The molecule has 8 nitrogen and oxygen atoms in total. The summed E-state index contributed by atoms with van der Waals surface area (Å²) in [7, 11) is -0.753. The van der Waals surface area contributed by atoms with Crippen molar-refractivity contribution in [1.82, 2.24) is 0 Å². The molecule has 2 aromatic carbocycles. The molecule has 0 saturated carbocycles. The van der Waals surface area contributed by atoms with Gasteiger partial charge in [-0.15, -0.1) is 0 Å². The largest absolute Gasteiger partial charge is 0.493 e. The van der Waals surface area contributed by atoms with Crippen LogP contribution in [0.1, 0.15) is 0 Å². The number of hydrogen-bond acceptors (Lipinski definition) is 5. The highest BCUT2D eigenvalue weighted by Gasteiger charge is 2.09. The molecule has 2 amide bonds. The van der Waals surface area contributed by atoms with Gasteiger partial charge in [-0.3, -0.25) is 0 Å². The molecule has 0 unspecified atom stereocenters. The van der Waals surface area contributed by atoms with Crippen molar-refractivity contribution < 1.29 is 22.7 Å². The standard InChI is InChI=1S/C15H17N3O5S/c1-22-13-8-5-11(9-14(13)23-2)18-15(19)17-10-3-6-12(7-4-10)24(16,20)21/h3-9H,1-2H3,(H2,16,20,21)(H2,17,18,19). The minimum atomic E-state index is -3.77. The molecule has 0 fully saturated rings. The Hall–Kier alpha value is -2.78. The van der Waals surface area contributed by atoms with Gasteiger partial charge < -0.3 is 20.1 Å². The molecule has 2 rings (SSSR count). The summed E-state index contributed by atoms with van der Waals surface area (Å²) in [6.07, 6.45) is 0. The Morgan fingerprint density at radius 2 is 1.46 bits per heavy atom. The van der Waals surface area contributed by atoms with Crippen LogP contribution in [0.2, 0.25) is 0 Å². The second-order valence-electron chi connectivity index (χ2n) is 4.72. The van der Waals surface area contributed by atoms with Crippen LogP contribution in [0.3, 0.4) is 0 Å². The normalized spacial score (nSPS) is 10.8. The fraction of sp³-hybridized carbons (Fsp3) is 0.133. The van der Waals surface area contributed by atoms with Crippen molar-refractivity contribution in [2.45, 2.75) is 4.90 Å². The predicted molar refractivity (Wildman–Crippen MR) is 90.0 cm³/mol. The summed E-state index contributed by atoms with van der Waals surface area (Å²) < 4.78 is 32.6. The average Bonchev–Trinajstić information content (AvgIpc) is 2.54.